The first-order valence-electron chi connectivity index (χ1n) is 10.5. The van der Waals surface area contributed by atoms with E-state index in [0.717, 1.165) is 12.0 Å². The summed E-state index contributed by atoms with van der Waals surface area (Å²) < 4.78 is 4.83. The van der Waals surface area contributed by atoms with Crippen molar-refractivity contribution in [1.29, 1.82) is 0 Å². The number of benzene rings is 2. The third-order valence-electron chi connectivity index (χ3n) is 5.45. The van der Waals surface area contributed by atoms with E-state index < -0.39 is 24.0 Å². The van der Waals surface area contributed by atoms with E-state index in [4.69, 9.17) is 4.74 Å². The van der Waals surface area contributed by atoms with Crippen molar-refractivity contribution in [3.63, 3.8) is 0 Å². The van der Waals surface area contributed by atoms with Crippen LogP contribution < -0.4 is 10.6 Å². The van der Waals surface area contributed by atoms with Crippen LogP contribution in [-0.4, -0.2) is 54.3 Å². The Labute approximate surface area is 186 Å². The molecule has 1 aliphatic heterocycles. The number of anilines is 1. The maximum absolute atomic E-state index is 12.7. The third kappa shape index (κ3) is 5.72. The first-order chi connectivity index (χ1) is 15.4. The van der Waals surface area contributed by atoms with Crippen molar-refractivity contribution >= 4 is 29.4 Å². The van der Waals surface area contributed by atoms with Crippen molar-refractivity contribution in [1.82, 2.24) is 10.2 Å². The van der Waals surface area contributed by atoms with Crippen LogP contribution in [0.4, 0.5) is 5.69 Å². The zero-order valence-corrected chi connectivity index (χ0v) is 18.2. The summed E-state index contributed by atoms with van der Waals surface area (Å²) in [4.78, 5) is 50.6. The van der Waals surface area contributed by atoms with E-state index in [9.17, 15) is 19.2 Å². The molecule has 3 rings (SSSR count). The molecule has 1 aliphatic rings. The van der Waals surface area contributed by atoms with Crippen LogP contribution >= 0.6 is 0 Å². The standard InChI is InChI=1S/C24H27N3O5/c1-16(28)27-14-6-9-21(27)23(30)25-19-12-10-18(11-13-19)22(29)26-20(24(31)32-2)15-17-7-4-3-5-8-17/h3-5,7-8,10-13,20-21H,6,9,14-15H2,1-2H3,(H,25,30)(H,26,29)/t20-,21-/m0/s1. The Morgan fingerprint density at radius 1 is 1.06 bits per heavy atom. The molecule has 8 heteroatoms. The lowest BCUT2D eigenvalue weighted by atomic mass is 10.1. The fourth-order valence-electron chi connectivity index (χ4n) is 3.77. The molecule has 2 N–H and O–H groups in total. The van der Waals surface area contributed by atoms with Crippen LogP contribution in [0.3, 0.4) is 0 Å². The number of carbonyl (C=O) groups is 4. The Bertz CT molecular complexity index is 975. The van der Waals surface area contributed by atoms with Crippen LogP contribution in [0.1, 0.15) is 35.7 Å². The number of ether oxygens (including phenoxy) is 1. The summed E-state index contributed by atoms with van der Waals surface area (Å²) in [5.74, 6) is -1.32. The van der Waals surface area contributed by atoms with Gasteiger partial charge in [0.1, 0.15) is 12.1 Å². The van der Waals surface area contributed by atoms with Crippen LogP contribution in [0, 0.1) is 0 Å². The van der Waals surface area contributed by atoms with Gasteiger partial charge in [-0.15, -0.1) is 0 Å². The predicted octanol–water partition coefficient (Wildman–Crippen LogP) is 2.15. The minimum Gasteiger partial charge on any atom is -0.467 e. The Morgan fingerprint density at radius 3 is 2.38 bits per heavy atom. The number of esters is 1. The van der Waals surface area contributed by atoms with Crippen LogP contribution in [0.5, 0.6) is 0 Å². The van der Waals surface area contributed by atoms with Gasteiger partial charge in [0.2, 0.25) is 11.8 Å². The number of rotatable bonds is 7. The molecule has 2 aromatic rings. The van der Waals surface area contributed by atoms with Gasteiger partial charge in [-0.1, -0.05) is 30.3 Å². The average Bonchev–Trinajstić information content (AvgIpc) is 3.30. The van der Waals surface area contributed by atoms with Crippen LogP contribution in [0.15, 0.2) is 54.6 Å². The molecule has 0 unspecified atom stereocenters. The van der Waals surface area contributed by atoms with Gasteiger partial charge in [-0.3, -0.25) is 14.4 Å². The van der Waals surface area contributed by atoms with E-state index >= 15 is 0 Å². The molecule has 2 aromatic carbocycles. The van der Waals surface area contributed by atoms with E-state index in [1.807, 2.05) is 30.3 Å². The highest BCUT2D eigenvalue weighted by atomic mass is 16.5. The molecule has 8 nitrogen and oxygen atoms in total. The number of nitrogens with one attached hydrogen (secondary N) is 2. The van der Waals surface area contributed by atoms with Gasteiger partial charge >= 0.3 is 5.97 Å². The molecular formula is C24H27N3O5. The van der Waals surface area contributed by atoms with Crippen molar-refractivity contribution in [2.75, 3.05) is 19.0 Å². The summed E-state index contributed by atoms with van der Waals surface area (Å²) in [7, 11) is 1.28. The van der Waals surface area contributed by atoms with Gasteiger partial charge in [0.25, 0.3) is 5.91 Å². The quantitative estimate of drug-likeness (QED) is 0.646. The monoisotopic (exact) mass is 437 g/mol. The lowest BCUT2D eigenvalue weighted by molar-refractivity contribution is -0.142. The predicted molar refractivity (Wildman–Crippen MR) is 119 cm³/mol. The van der Waals surface area contributed by atoms with Crippen molar-refractivity contribution in [3.8, 4) is 0 Å². The Hall–Kier alpha value is -3.68. The van der Waals surface area contributed by atoms with Crippen LogP contribution in [0.25, 0.3) is 0 Å². The Morgan fingerprint density at radius 2 is 1.75 bits per heavy atom. The second-order valence-corrected chi connectivity index (χ2v) is 7.68. The topological polar surface area (TPSA) is 105 Å². The zero-order valence-electron chi connectivity index (χ0n) is 18.2. The van der Waals surface area contributed by atoms with Crippen LogP contribution in [-0.2, 0) is 25.5 Å². The highest BCUT2D eigenvalue weighted by molar-refractivity contribution is 5.99. The molecule has 0 aromatic heterocycles. The molecule has 0 saturated carbocycles. The molecule has 0 spiro atoms. The molecule has 2 atom stereocenters. The van der Waals surface area contributed by atoms with E-state index in [1.54, 1.807) is 29.2 Å². The highest BCUT2D eigenvalue weighted by Gasteiger charge is 2.32. The smallest absolute Gasteiger partial charge is 0.328 e. The van der Waals surface area contributed by atoms with E-state index in [1.165, 1.54) is 14.0 Å². The number of carbonyl (C=O) groups excluding carboxylic acids is 4. The normalized spacial score (nSPS) is 16.2. The summed E-state index contributed by atoms with van der Waals surface area (Å²) in [6.45, 7) is 2.04. The molecule has 0 aliphatic carbocycles. The van der Waals surface area contributed by atoms with Gasteiger partial charge in [-0.25, -0.2) is 4.79 Å². The molecule has 168 valence electrons. The maximum Gasteiger partial charge on any atom is 0.328 e. The van der Waals surface area contributed by atoms with Gasteiger partial charge in [0.15, 0.2) is 0 Å². The number of hydrogen-bond donors (Lipinski definition) is 2. The molecule has 32 heavy (non-hydrogen) atoms. The molecule has 0 radical (unpaired) electrons. The minimum atomic E-state index is -0.825. The lowest BCUT2D eigenvalue weighted by Crippen LogP contribution is -2.43. The van der Waals surface area contributed by atoms with Crippen molar-refractivity contribution in [2.24, 2.45) is 0 Å². The van der Waals surface area contributed by atoms with Gasteiger partial charge in [-0.2, -0.15) is 0 Å². The van der Waals surface area contributed by atoms with Gasteiger partial charge in [0, 0.05) is 31.1 Å². The Balaban J connectivity index is 1.62. The van der Waals surface area contributed by atoms with Gasteiger partial charge < -0.3 is 20.3 Å². The van der Waals surface area contributed by atoms with Gasteiger partial charge in [-0.05, 0) is 42.7 Å². The molecule has 1 fully saturated rings. The molecule has 0 bridgehead atoms. The van der Waals surface area contributed by atoms with Crippen LogP contribution in [0.2, 0.25) is 0 Å². The summed E-state index contributed by atoms with van der Waals surface area (Å²) >= 11 is 0. The number of nitrogens with zero attached hydrogens (tertiary/aromatic N) is 1. The largest absolute Gasteiger partial charge is 0.467 e. The summed E-state index contributed by atoms with van der Waals surface area (Å²) in [6.07, 6.45) is 1.73. The van der Waals surface area contributed by atoms with Gasteiger partial charge in [0.05, 0.1) is 7.11 Å². The second kappa shape index (κ2) is 10.6. The van der Waals surface area contributed by atoms with E-state index in [-0.39, 0.29) is 11.8 Å². The SMILES string of the molecule is COC(=O)[C@H](Cc1ccccc1)NC(=O)c1ccc(NC(=O)[C@@H]2CCCN2C(C)=O)cc1. The molecule has 3 amide bonds. The zero-order chi connectivity index (χ0) is 23.1. The van der Waals surface area contributed by atoms with Crippen molar-refractivity contribution in [2.45, 2.75) is 38.3 Å². The number of methoxy groups -OCH3 is 1. The number of amides is 3. The third-order valence-corrected chi connectivity index (χ3v) is 5.45. The average molecular weight is 437 g/mol. The molecular weight excluding hydrogens is 410 g/mol. The molecule has 1 heterocycles. The lowest BCUT2D eigenvalue weighted by Gasteiger charge is -2.22. The minimum absolute atomic E-state index is 0.120. The first kappa shape index (κ1) is 23.0. The molecule has 1 saturated heterocycles. The maximum atomic E-state index is 12.7. The highest BCUT2D eigenvalue weighted by Crippen LogP contribution is 2.19. The number of hydrogen-bond acceptors (Lipinski definition) is 5. The summed E-state index contributed by atoms with van der Waals surface area (Å²) in [5, 5.41) is 5.51. The summed E-state index contributed by atoms with van der Waals surface area (Å²) in [5.41, 5.74) is 1.76. The Kier molecular flexibility index (Phi) is 7.59. The van der Waals surface area contributed by atoms with Crippen molar-refractivity contribution in [3.05, 3.63) is 65.7 Å². The van der Waals surface area contributed by atoms with E-state index in [0.29, 0.717) is 30.6 Å². The fourth-order valence-corrected chi connectivity index (χ4v) is 3.77. The van der Waals surface area contributed by atoms with E-state index in [2.05, 4.69) is 10.6 Å². The van der Waals surface area contributed by atoms with Crippen molar-refractivity contribution < 1.29 is 23.9 Å². The fraction of sp³-hybridized carbons (Fsp3) is 0.333. The number of likely N-dealkylation sites (tertiary alicyclic amines) is 1. The first-order valence-corrected chi connectivity index (χ1v) is 10.5. The summed E-state index contributed by atoms with van der Waals surface area (Å²) in [6, 6.07) is 14.4. The second-order valence-electron chi connectivity index (χ2n) is 7.68.